The second-order valence-corrected chi connectivity index (χ2v) is 9.46. The van der Waals surface area contributed by atoms with Crippen LogP contribution < -0.4 is 9.47 Å². The highest BCUT2D eigenvalue weighted by molar-refractivity contribution is 6.46. The van der Waals surface area contributed by atoms with Crippen LogP contribution in [0.4, 0.5) is 0 Å². The van der Waals surface area contributed by atoms with Gasteiger partial charge in [-0.15, -0.1) is 0 Å². The number of likely N-dealkylation sites (tertiary alicyclic amines) is 1. The molecule has 198 valence electrons. The van der Waals surface area contributed by atoms with Crippen molar-refractivity contribution in [2.45, 2.75) is 39.3 Å². The van der Waals surface area contributed by atoms with E-state index in [-0.39, 0.29) is 17.4 Å². The molecule has 0 bridgehead atoms. The number of nitrogens with zero attached hydrogens (tertiary/aromatic N) is 2. The molecule has 0 aliphatic carbocycles. The smallest absolute Gasteiger partial charge is 0.295 e. The second-order valence-electron chi connectivity index (χ2n) is 9.46. The third kappa shape index (κ3) is 6.14. The lowest BCUT2D eigenvalue weighted by molar-refractivity contribution is -0.140. The highest BCUT2D eigenvalue weighted by atomic mass is 16.5. The Morgan fingerprint density at radius 3 is 2.43 bits per heavy atom. The van der Waals surface area contributed by atoms with E-state index in [1.165, 1.54) is 0 Å². The van der Waals surface area contributed by atoms with Gasteiger partial charge in [-0.05, 0) is 57.5 Å². The maximum atomic E-state index is 13.4. The van der Waals surface area contributed by atoms with Crippen LogP contribution in [-0.4, -0.2) is 78.7 Å². The first-order chi connectivity index (χ1) is 17.9. The van der Waals surface area contributed by atoms with Gasteiger partial charge < -0.3 is 24.2 Å². The number of Topliss-reactive ketones (excluding diaryl/α,β-unsaturated/α-hetero) is 1. The summed E-state index contributed by atoms with van der Waals surface area (Å²) in [7, 11) is 0. The molecule has 2 fully saturated rings. The lowest BCUT2D eigenvalue weighted by atomic mass is 9.94. The first-order valence-electron chi connectivity index (χ1n) is 13.0. The first-order valence-corrected chi connectivity index (χ1v) is 13.0. The summed E-state index contributed by atoms with van der Waals surface area (Å²) in [5.74, 6) is -0.265. The Hall–Kier alpha value is -3.36. The maximum Gasteiger partial charge on any atom is 0.295 e. The third-order valence-corrected chi connectivity index (χ3v) is 6.53. The molecule has 2 aliphatic heterocycles. The van der Waals surface area contributed by atoms with Gasteiger partial charge in [0.1, 0.15) is 17.3 Å². The number of rotatable bonds is 10. The first kappa shape index (κ1) is 26.7. The molecule has 1 atom stereocenters. The van der Waals surface area contributed by atoms with E-state index < -0.39 is 17.7 Å². The molecule has 1 amide bonds. The van der Waals surface area contributed by atoms with Gasteiger partial charge in [0.25, 0.3) is 11.7 Å². The molecular weight excluding hydrogens is 472 g/mol. The standard InChI is InChI=1S/C29H36N2O6/c1-4-36-24-9-6-5-8-23(24)26-25(27(32)21-10-12-22(13-11-21)37-20(2)3)28(33)29(34)31(26)15-7-14-30-16-18-35-19-17-30/h5-6,8-13,20,26,32H,4,7,14-19H2,1-3H3/b27-25+/t26-/m1/s1. The Morgan fingerprint density at radius 2 is 1.76 bits per heavy atom. The van der Waals surface area contributed by atoms with Gasteiger partial charge >= 0.3 is 0 Å². The molecule has 4 rings (SSSR count). The van der Waals surface area contributed by atoms with E-state index in [0.29, 0.717) is 55.4 Å². The average Bonchev–Trinajstić information content (AvgIpc) is 3.14. The lowest BCUT2D eigenvalue weighted by Gasteiger charge is -2.29. The van der Waals surface area contributed by atoms with Crippen LogP contribution in [0, 0.1) is 0 Å². The highest BCUT2D eigenvalue weighted by Crippen LogP contribution is 2.42. The van der Waals surface area contributed by atoms with E-state index in [1.807, 2.05) is 45.0 Å². The summed E-state index contributed by atoms with van der Waals surface area (Å²) in [6, 6.07) is 13.5. The molecule has 37 heavy (non-hydrogen) atoms. The van der Waals surface area contributed by atoms with Crippen molar-refractivity contribution in [2.75, 3.05) is 46.0 Å². The van der Waals surface area contributed by atoms with Crippen molar-refractivity contribution in [1.29, 1.82) is 0 Å². The topological polar surface area (TPSA) is 88.5 Å². The molecule has 0 spiro atoms. The third-order valence-electron chi connectivity index (χ3n) is 6.53. The van der Waals surface area contributed by atoms with Crippen LogP contribution in [0.25, 0.3) is 5.76 Å². The summed E-state index contributed by atoms with van der Waals surface area (Å²) in [5, 5.41) is 11.4. The van der Waals surface area contributed by atoms with Crippen LogP contribution in [0.3, 0.4) is 0 Å². The fourth-order valence-electron chi connectivity index (χ4n) is 4.84. The minimum atomic E-state index is -0.751. The quantitative estimate of drug-likeness (QED) is 0.295. The molecule has 0 unspecified atom stereocenters. The van der Waals surface area contributed by atoms with Crippen molar-refractivity contribution >= 4 is 17.4 Å². The fourth-order valence-corrected chi connectivity index (χ4v) is 4.84. The van der Waals surface area contributed by atoms with Crippen LogP contribution in [0.2, 0.25) is 0 Å². The van der Waals surface area contributed by atoms with Gasteiger partial charge in [0.2, 0.25) is 0 Å². The number of ketones is 1. The number of hydrogen-bond acceptors (Lipinski definition) is 7. The number of aliphatic hydroxyl groups is 1. The Balaban J connectivity index is 1.69. The van der Waals surface area contributed by atoms with Crippen LogP contribution in [0.1, 0.15) is 44.4 Å². The molecule has 1 N–H and O–H groups in total. The number of aliphatic hydroxyl groups excluding tert-OH is 1. The van der Waals surface area contributed by atoms with Crippen LogP contribution in [0.5, 0.6) is 11.5 Å². The van der Waals surface area contributed by atoms with E-state index in [2.05, 4.69) is 4.90 Å². The minimum absolute atomic E-state index is 0.0114. The average molecular weight is 509 g/mol. The zero-order chi connectivity index (χ0) is 26.4. The Labute approximate surface area is 218 Å². The Bertz CT molecular complexity index is 1120. The van der Waals surface area contributed by atoms with E-state index in [4.69, 9.17) is 14.2 Å². The predicted octanol–water partition coefficient (Wildman–Crippen LogP) is 4.02. The SMILES string of the molecule is CCOc1ccccc1[C@@H]1/C(=C(\O)c2ccc(OC(C)C)cc2)C(=O)C(=O)N1CCCN1CCOCC1. The monoisotopic (exact) mass is 508 g/mol. The van der Waals surface area contributed by atoms with Gasteiger partial charge in [-0.1, -0.05) is 18.2 Å². The summed E-state index contributed by atoms with van der Waals surface area (Å²) >= 11 is 0. The number of benzene rings is 2. The van der Waals surface area contributed by atoms with Gasteiger partial charge in [-0.2, -0.15) is 0 Å². The second kappa shape index (κ2) is 12.3. The lowest BCUT2D eigenvalue weighted by Crippen LogP contribution is -2.39. The predicted molar refractivity (Wildman–Crippen MR) is 141 cm³/mol. The van der Waals surface area contributed by atoms with E-state index in [0.717, 1.165) is 19.6 Å². The normalized spacial score (nSPS) is 20.0. The van der Waals surface area contributed by atoms with E-state index in [1.54, 1.807) is 29.2 Å². The van der Waals surface area contributed by atoms with E-state index >= 15 is 0 Å². The highest BCUT2D eigenvalue weighted by Gasteiger charge is 2.46. The van der Waals surface area contributed by atoms with Crippen molar-refractivity contribution in [3.63, 3.8) is 0 Å². The fraction of sp³-hybridized carbons (Fsp3) is 0.448. The number of para-hydroxylation sites is 1. The zero-order valence-electron chi connectivity index (χ0n) is 21.8. The van der Waals surface area contributed by atoms with Crippen LogP contribution >= 0.6 is 0 Å². The number of morpholine rings is 1. The summed E-state index contributed by atoms with van der Waals surface area (Å²) in [5.41, 5.74) is 1.19. The van der Waals surface area contributed by atoms with Crippen molar-refractivity contribution in [3.05, 3.63) is 65.2 Å². The Kier molecular flexibility index (Phi) is 8.84. The summed E-state index contributed by atoms with van der Waals surface area (Å²) < 4.78 is 17.0. The zero-order valence-corrected chi connectivity index (χ0v) is 21.8. The van der Waals surface area contributed by atoms with Crippen LogP contribution in [-0.2, 0) is 14.3 Å². The van der Waals surface area contributed by atoms with Gasteiger partial charge in [0.05, 0.1) is 37.5 Å². The molecular formula is C29H36N2O6. The van der Waals surface area contributed by atoms with Crippen molar-refractivity contribution in [2.24, 2.45) is 0 Å². The molecule has 2 aliphatic rings. The number of amides is 1. The minimum Gasteiger partial charge on any atom is -0.507 e. The number of carbonyl (C=O) groups excluding carboxylic acids is 2. The van der Waals surface area contributed by atoms with Gasteiger partial charge in [0, 0.05) is 37.3 Å². The number of carbonyl (C=O) groups is 2. The Morgan fingerprint density at radius 1 is 1.05 bits per heavy atom. The number of hydrogen-bond donors (Lipinski definition) is 1. The summed E-state index contributed by atoms with van der Waals surface area (Å²) in [4.78, 5) is 30.5. The van der Waals surface area contributed by atoms with Crippen molar-refractivity contribution in [3.8, 4) is 11.5 Å². The number of ether oxygens (including phenoxy) is 3. The molecule has 2 saturated heterocycles. The van der Waals surface area contributed by atoms with Crippen LogP contribution in [0.15, 0.2) is 54.1 Å². The molecule has 0 aromatic heterocycles. The molecule has 8 nitrogen and oxygen atoms in total. The van der Waals surface area contributed by atoms with Gasteiger partial charge in [-0.3, -0.25) is 14.5 Å². The molecule has 2 heterocycles. The molecule has 0 radical (unpaired) electrons. The maximum absolute atomic E-state index is 13.4. The molecule has 2 aromatic rings. The van der Waals surface area contributed by atoms with Crippen molar-refractivity contribution < 1.29 is 28.9 Å². The van der Waals surface area contributed by atoms with Gasteiger partial charge in [0.15, 0.2) is 0 Å². The summed E-state index contributed by atoms with van der Waals surface area (Å²) in [6.07, 6.45) is 0.707. The molecule has 0 saturated carbocycles. The summed E-state index contributed by atoms with van der Waals surface area (Å²) in [6.45, 7) is 10.5. The largest absolute Gasteiger partial charge is 0.507 e. The van der Waals surface area contributed by atoms with Gasteiger partial charge in [-0.25, -0.2) is 0 Å². The van der Waals surface area contributed by atoms with E-state index in [9.17, 15) is 14.7 Å². The molecule has 8 heteroatoms. The van der Waals surface area contributed by atoms with Crippen molar-refractivity contribution in [1.82, 2.24) is 9.80 Å². The molecule has 2 aromatic carbocycles.